The van der Waals surface area contributed by atoms with Crippen molar-refractivity contribution in [2.45, 2.75) is 25.8 Å². The molecule has 0 saturated carbocycles. The van der Waals surface area contributed by atoms with E-state index in [0.717, 1.165) is 18.4 Å². The average molecular weight is 380 g/mol. The maximum atomic E-state index is 12.2. The van der Waals surface area contributed by atoms with Crippen molar-refractivity contribution in [3.05, 3.63) is 69.7 Å². The molecule has 132 valence electrons. The second-order valence-corrected chi connectivity index (χ2v) is 6.31. The van der Waals surface area contributed by atoms with E-state index in [2.05, 4.69) is 5.32 Å². The molecule has 0 spiro atoms. The van der Waals surface area contributed by atoms with Crippen LogP contribution in [0.15, 0.2) is 48.5 Å². The van der Waals surface area contributed by atoms with Gasteiger partial charge in [-0.1, -0.05) is 72.9 Å². The summed E-state index contributed by atoms with van der Waals surface area (Å²) in [7, 11) is 0. The number of esters is 1. The van der Waals surface area contributed by atoms with Crippen LogP contribution in [0.1, 0.15) is 41.7 Å². The molecule has 0 bridgehead atoms. The van der Waals surface area contributed by atoms with E-state index >= 15 is 0 Å². The van der Waals surface area contributed by atoms with Crippen LogP contribution in [0.3, 0.4) is 0 Å². The fourth-order valence-corrected chi connectivity index (χ4v) is 2.98. The molecular formula is C19H19Cl2NO3. The SMILES string of the molecule is CCC[C@H](NC(=O)COC(=O)c1c(Cl)cccc1Cl)c1ccccc1. The number of halogens is 2. The minimum atomic E-state index is -0.725. The first kappa shape index (κ1) is 19.3. The highest BCUT2D eigenvalue weighted by atomic mass is 35.5. The fourth-order valence-electron chi connectivity index (χ4n) is 2.43. The molecule has 0 saturated heterocycles. The van der Waals surface area contributed by atoms with Gasteiger partial charge in [0.15, 0.2) is 6.61 Å². The van der Waals surface area contributed by atoms with Crippen LogP contribution in [0.5, 0.6) is 0 Å². The van der Waals surface area contributed by atoms with Gasteiger partial charge in [-0.2, -0.15) is 0 Å². The predicted octanol–water partition coefficient (Wildman–Crippen LogP) is 4.81. The number of hydrogen-bond donors (Lipinski definition) is 1. The van der Waals surface area contributed by atoms with Gasteiger partial charge in [-0.05, 0) is 24.1 Å². The molecule has 0 fully saturated rings. The first-order chi connectivity index (χ1) is 12.0. The number of ether oxygens (including phenoxy) is 1. The number of benzene rings is 2. The molecule has 25 heavy (non-hydrogen) atoms. The van der Waals surface area contributed by atoms with Gasteiger partial charge < -0.3 is 10.1 Å². The summed E-state index contributed by atoms with van der Waals surface area (Å²) in [6, 6.07) is 14.3. The van der Waals surface area contributed by atoms with Crippen LogP contribution in [0, 0.1) is 0 Å². The van der Waals surface area contributed by atoms with Crippen LogP contribution >= 0.6 is 23.2 Å². The third-order valence-electron chi connectivity index (χ3n) is 3.62. The Balaban J connectivity index is 1.96. The molecule has 0 aliphatic heterocycles. The minimum Gasteiger partial charge on any atom is -0.452 e. The lowest BCUT2D eigenvalue weighted by molar-refractivity contribution is -0.125. The smallest absolute Gasteiger partial charge is 0.341 e. The van der Waals surface area contributed by atoms with Crippen LogP contribution in [0.2, 0.25) is 10.0 Å². The molecule has 1 N–H and O–H groups in total. The highest BCUT2D eigenvalue weighted by Gasteiger charge is 2.19. The number of amides is 1. The molecule has 0 aromatic heterocycles. The van der Waals surface area contributed by atoms with Crippen molar-refractivity contribution in [1.29, 1.82) is 0 Å². The van der Waals surface area contributed by atoms with E-state index in [1.807, 2.05) is 37.3 Å². The summed E-state index contributed by atoms with van der Waals surface area (Å²) in [5.74, 6) is -1.10. The molecule has 0 aliphatic rings. The Morgan fingerprint density at radius 1 is 1.04 bits per heavy atom. The number of hydrogen-bond acceptors (Lipinski definition) is 3. The summed E-state index contributed by atoms with van der Waals surface area (Å²) >= 11 is 11.9. The van der Waals surface area contributed by atoms with Gasteiger partial charge in [0, 0.05) is 0 Å². The maximum absolute atomic E-state index is 12.2. The predicted molar refractivity (Wildman–Crippen MR) is 99.0 cm³/mol. The standard InChI is InChI=1S/C19H19Cl2NO3/c1-2-7-16(13-8-4-3-5-9-13)22-17(23)12-25-19(24)18-14(20)10-6-11-15(18)21/h3-6,8-11,16H,2,7,12H2,1H3,(H,22,23)/t16-/m0/s1. The fraction of sp³-hybridized carbons (Fsp3) is 0.263. The Hall–Kier alpha value is -2.04. The molecule has 0 aliphatic carbocycles. The summed E-state index contributed by atoms with van der Waals surface area (Å²) in [6.45, 7) is 1.65. The molecule has 0 heterocycles. The quantitative estimate of drug-likeness (QED) is 0.702. The van der Waals surface area contributed by atoms with Crippen molar-refractivity contribution < 1.29 is 14.3 Å². The first-order valence-corrected chi connectivity index (χ1v) is 8.74. The largest absolute Gasteiger partial charge is 0.452 e. The van der Waals surface area contributed by atoms with Crippen molar-refractivity contribution in [1.82, 2.24) is 5.32 Å². The van der Waals surface area contributed by atoms with Crippen molar-refractivity contribution in [3.63, 3.8) is 0 Å². The van der Waals surface area contributed by atoms with Crippen LogP contribution in [0.4, 0.5) is 0 Å². The maximum Gasteiger partial charge on any atom is 0.341 e. The molecular weight excluding hydrogens is 361 g/mol. The first-order valence-electron chi connectivity index (χ1n) is 7.98. The summed E-state index contributed by atoms with van der Waals surface area (Å²) in [5.41, 5.74) is 1.07. The number of rotatable bonds is 7. The van der Waals surface area contributed by atoms with Gasteiger partial charge in [0.1, 0.15) is 0 Å². The lowest BCUT2D eigenvalue weighted by Crippen LogP contribution is -2.32. The average Bonchev–Trinajstić information content (AvgIpc) is 2.60. The van der Waals surface area contributed by atoms with Crippen LogP contribution in [-0.2, 0) is 9.53 Å². The lowest BCUT2D eigenvalue weighted by Gasteiger charge is -2.18. The van der Waals surface area contributed by atoms with E-state index in [1.165, 1.54) is 12.1 Å². The van der Waals surface area contributed by atoms with Gasteiger partial charge >= 0.3 is 5.97 Å². The van der Waals surface area contributed by atoms with Gasteiger partial charge in [0.2, 0.25) is 0 Å². The van der Waals surface area contributed by atoms with Crippen LogP contribution in [-0.4, -0.2) is 18.5 Å². The molecule has 2 aromatic carbocycles. The summed E-state index contributed by atoms with van der Waals surface area (Å²) in [4.78, 5) is 24.3. The van der Waals surface area contributed by atoms with E-state index in [-0.39, 0.29) is 27.6 Å². The van der Waals surface area contributed by atoms with Crippen molar-refractivity contribution in [2.24, 2.45) is 0 Å². The Morgan fingerprint density at radius 2 is 1.68 bits per heavy atom. The molecule has 2 aromatic rings. The monoisotopic (exact) mass is 379 g/mol. The molecule has 4 nitrogen and oxygen atoms in total. The van der Waals surface area contributed by atoms with E-state index in [0.29, 0.717) is 0 Å². The lowest BCUT2D eigenvalue weighted by atomic mass is 10.0. The zero-order chi connectivity index (χ0) is 18.2. The minimum absolute atomic E-state index is 0.0619. The Morgan fingerprint density at radius 3 is 2.28 bits per heavy atom. The van der Waals surface area contributed by atoms with E-state index in [9.17, 15) is 9.59 Å². The van der Waals surface area contributed by atoms with E-state index < -0.39 is 12.6 Å². The topological polar surface area (TPSA) is 55.4 Å². The number of nitrogens with one attached hydrogen (secondary N) is 1. The van der Waals surface area contributed by atoms with Gasteiger partial charge in [0.05, 0.1) is 21.7 Å². The summed E-state index contributed by atoms with van der Waals surface area (Å²) in [6.07, 6.45) is 1.70. The zero-order valence-corrected chi connectivity index (χ0v) is 15.3. The zero-order valence-electron chi connectivity index (χ0n) is 13.8. The van der Waals surface area contributed by atoms with Gasteiger partial charge in [-0.25, -0.2) is 4.79 Å². The third kappa shape index (κ3) is 5.48. The van der Waals surface area contributed by atoms with Gasteiger partial charge in [0.25, 0.3) is 5.91 Å². The van der Waals surface area contributed by atoms with E-state index in [1.54, 1.807) is 6.07 Å². The Kier molecular flexibility index (Phi) is 7.29. The van der Waals surface area contributed by atoms with Crippen molar-refractivity contribution >= 4 is 35.1 Å². The van der Waals surface area contributed by atoms with Gasteiger partial charge in [-0.15, -0.1) is 0 Å². The molecule has 2 rings (SSSR count). The number of carbonyl (C=O) groups excluding carboxylic acids is 2. The van der Waals surface area contributed by atoms with Crippen LogP contribution in [0.25, 0.3) is 0 Å². The number of carbonyl (C=O) groups is 2. The van der Waals surface area contributed by atoms with Crippen molar-refractivity contribution in [2.75, 3.05) is 6.61 Å². The summed E-state index contributed by atoms with van der Waals surface area (Å²) < 4.78 is 5.05. The Labute approximate surface area is 157 Å². The normalized spacial score (nSPS) is 11.6. The second kappa shape index (κ2) is 9.44. The van der Waals surface area contributed by atoms with Crippen molar-refractivity contribution in [3.8, 4) is 0 Å². The second-order valence-electron chi connectivity index (χ2n) is 5.49. The Bertz CT molecular complexity index is 714. The molecule has 1 amide bonds. The molecule has 6 heteroatoms. The highest BCUT2D eigenvalue weighted by molar-refractivity contribution is 6.39. The summed E-state index contributed by atoms with van der Waals surface area (Å²) in [5, 5.41) is 3.26. The molecule has 1 atom stereocenters. The third-order valence-corrected chi connectivity index (χ3v) is 4.25. The van der Waals surface area contributed by atoms with Crippen LogP contribution < -0.4 is 5.32 Å². The van der Waals surface area contributed by atoms with Gasteiger partial charge in [-0.3, -0.25) is 4.79 Å². The molecule has 0 radical (unpaired) electrons. The van der Waals surface area contributed by atoms with E-state index in [4.69, 9.17) is 27.9 Å². The highest BCUT2D eigenvalue weighted by Crippen LogP contribution is 2.25. The molecule has 0 unspecified atom stereocenters.